The van der Waals surface area contributed by atoms with E-state index in [0.29, 0.717) is 40.8 Å². The normalized spacial score (nSPS) is 23.9. The summed E-state index contributed by atoms with van der Waals surface area (Å²) in [6, 6.07) is 6.31. The van der Waals surface area contributed by atoms with Gasteiger partial charge >= 0.3 is 0 Å². The number of aromatic nitrogens is 1. The van der Waals surface area contributed by atoms with E-state index in [-0.39, 0.29) is 18.0 Å². The third-order valence-electron chi connectivity index (χ3n) is 5.29. The van der Waals surface area contributed by atoms with Gasteiger partial charge in [0.2, 0.25) is 0 Å². The zero-order valence-corrected chi connectivity index (χ0v) is 13.1. The molecule has 2 heterocycles. The minimum atomic E-state index is -0.804. The van der Waals surface area contributed by atoms with Crippen molar-refractivity contribution in [3.63, 3.8) is 0 Å². The van der Waals surface area contributed by atoms with Crippen LogP contribution >= 0.6 is 0 Å². The van der Waals surface area contributed by atoms with Crippen molar-refractivity contribution in [2.75, 3.05) is 6.61 Å². The van der Waals surface area contributed by atoms with Crippen molar-refractivity contribution < 1.29 is 23.0 Å². The molecule has 3 aromatic rings. The number of nitrogens with one attached hydrogen (secondary N) is 1. The molecule has 2 aliphatic rings. The lowest BCUT2D eigenvalue weighted by atomic mass is 9.65. The Morgan fingerprint density at radius 1 is 1.12 bits per heavy atom. The van der Waals surface area contributed by atoms with Crippen LogP contribution in [0.25, 0.3) is 22.2 Å². The first-order valence-electron chi connectivity index (χ1n) is 8.12. The summed E-state index contributed by atoms with van der Waals surface area (Å²) in [5.74, 6) is -1.35. The summed E-state index contributed by atoms with van der Waals surface area (Å²) in [6.07, 6.45) is 1.02. The molecule has 0 radical (unpaired) electrons. The molecule has 1 aromatic heterocycles. The number of halogens is 3. The largest absolute Gasteiger partial charge is 0.482 e. The lowest BCUT2D eigenvalue weighted by molar-refractivity contribution is -0.0725. The Balaban J connectivity index is 1.83. The second kappa shape index (κ2) is 4.79. The van der Waals surface area contributed by atoms with E-state index in [0.717, 1.165) is 6.07 Å². The van der Waals surface area contributed by atoms with Gasteiger partial charge in [0.25, 0.3) is 0 Å². The molecule has 3 nitrogen and oxygen atoms in total. The Kier molecular flexibility index (Phi) is 2.84. The zero-order chi connectivity index (χ0) is 17.3. The van der Waals surface area contributed by atoms with E-state index < -0.39 is 23.1 Å². The minimum Gasteiger partial charge on any atom is -0.482 e. The molecule has 5 rings (SSSR count). The maximum Gasteiger partial charge on any atom is 0.150 e. The van der Waals surface area contributed by atoms with Gasteiger partial charge in [-0.15, -0.1) is 0 Å². The summed E-state index contributed by atoms with van der Waals surface area (Å²) in [7, 11) is 0. The Morgan fingerprint density at radius 2 is 1.92 bits per heavy atom. The van der Waals surface area contributed by atoms with Crippen LogP contribution in [0.1, 0.15) is 18.4 Å². The van der Waals surface area contributed by atoms with E-state index in [2.05, 4.69) is 4.98 Å². The van der Waals surface area contributed by atoms with Crippen molar-refractivity contribution >= 4 is 10.9 Å². The molecule has 0 bridgehead atoms. The molecule has 1 fully saturated rings. The van der Waals surface area contributed by atoms with Crippen LogP contribution in [0.2, 0.25) is 0 Å². The van der Waals surface area contributed by atoms with E-state index in [9.17, 15) is 18.3 Å². The van der Waals surface area contributed by atoms with Gasteiger partial charge in [0, 0.05) is 35.3 Å². The summed E-state index contributed by atoms with van der Waals surface area (Å²) in [4.78, 5) is 3.04. The Bertz CT molecular complexity index is 1020. The highest BCUT2D eigenvalue weighted by Crippen LogP contribution is 2.58. The predicted octanol–water partition coefficient (Wildman–Crippen LogP) is 4.24. The first-order valence-corrected chi connectivity index (χ1v) is 8.12. The maximum atomic E-state index is 14.3. The fourth-order valence-electron chi connectivity index (χ4n) is 4.23. The van der Waals surface area contributed by atoms with E-state index >= 15 is 0 Å². The summed E-state index contributed by atoms with van der Waals surface area (Å²) in [6.45, 7) is 0.0154. The Morgan fingerprint density at radius 3 is 2.68 bits per heavy atom. The fourth-order valence-corrected chi connectivity index (χ4v) is 4.23. The number of aliphatic hydroxyl groups excluding tert-OH is 1. The second-order valence-corrected chi connectivity index (χ2v) is 6.88. The van der Waals surface area contributed by atoms with Crippen LogP contribution in [-0.2, 0) is 5.60 Å². The van der Waals surface area contributed by atoms with Crippen LogP contribution in [0.4, 0.5) is 13.2 Å². The average Bonchev–Trinajstić information content (AvgIpc) is 2.91. The highest BCUT2D eigenvalue weighted by atomic mass is 19.1. The number of H-pyrrole nitrogens is 1. The van der Waals surface area contributed by atoms with Gasteiger partial charge in [0.15, 0.2) is 0 Å². The van der Waals surface area contributed by atoms with Crippen LogP contribution in [0.3, 0.4) is 0 Å². The van der Waals surface area contributed by atoms with Crippen LogP contribution in [0.15, 0.2) is 30.3 Å². The molecule has 0 amide bonds. The molecule has 0 saturated heterocycles. The topological polar surface area (TPSA) is 45.2 Å². The van der Waals surface area contributed by atoms with Gasteiger partial charge in [0.1, 0.15) is 28.8 Å². The van der Waals surface area contributed by atoms with Gasteiger partial charge in [-0.2, -0.15) is 0 Å². The van der Waals surface area contributed by atoms with Crippen molar-refractivity contribution in [1.29, 1.82) is 0 Å². The molecule has 2 aromatic carbocycles. The third-order valence-corrected chi connectivity index (χ3v) is 5.29. The smallest absolute Gasteiger partial charge is 0.150 e. The molecule has 128 valence electrons. The molecule has 25 heavy (non-hydrogen) atoms. The van der Waals surface area contributed by atoms with Gasteiger partial charge < -0.3 is 14.8 Å². The van der Waals surface area contributed by atoms with E-state index in [1.165, 1.54) is 18.2 Å². The van der Waals surface area contributed by atoms with E-state index in [1.54, 1.807) is 6.07 Å². The van der Waals surface area contributed by atoms with Crippen LogP contribution < -0.4 is 4.74 Å². The minimum absolute atomic E-state index is 0.0154. The molecule has 1 spiro atoms. The third kappa shape index (κ3) is 1.91. The molecule has 2 N–H and O–H groups in total. The second-order valence-electron chi connectivity index (χ2n) is 6.88. The van der Waals surface area contributed by atoms with Crippen molar-refractivity contribution in [2.24, 2.45) is 5.92 Å². The monoisotopic (exact) mass is 345 g/mol. The zero-order valence-electron chi connectivity index (χ0n) is 13.1. The highest BCUT2D eigenvalue weighted by molar-refractivity contribution is 5.94. The maximum absolute atomic E-state index is 14.3. The number of ether oxygens (including phenoxy) is 1. The standard InChI is InChI=1S/C19H14F3NO2/c20-10-1-2-12-15(5-10)25-19(6-9(7-19)8-24)16-13-3-11(21)4-14(22)17(13)23-18(12)16/h1-5,9,23-24H,6-8H2. The molecular formula is C19H14F3NO2. The average molecular weight is 345 g/mol. The summed E-state index contributed by atoms with van der Waals surface area (Å²) >= 11 is 0. The van der Waals surface area contributed by atoms with Crippen molar-refractivity contribution in [3.8, 4) is 17.0 Å². The predicted molar refractivity (Wildman–Crippen MR) is 85.7 cm³/mol. The fraction of sp³-hybridized carbons (Fsp3) is 0.263. The van der Waals surface area contributed by atoms with Gasteiger partial charge in [0.05, 0.1) is 11.2 Å². The SMILES string of the molecule is OCC1CC2(C1)Oc1cc(F)ccc1-c1[nH]c3c(F)cc(F)cc3c12. The number of aromatic amines is 1. The molecular weight excluding hydrogens is 331 g/mol. The van der Waals surface area contributed by atoms with Crippen molar-refractivity contribution in [1.82, 2.24) is 4.98 Å². The number of hydrogen-bond acceptors (Lipinski definition) is 2. The first kappa shape index (κ1) is 14.8. The first-order chi connectivity index (χ1) is 12.0. The summed E-state index contributed by atoms with van der Waals surface area (Å²) in [5.41, 5.74) is 1.33. The molecule has 0 unspecified atom stereocenters. The molecule has 0 atom stereocenters. The number of benzene rings is 2. The highest BCUT2D eigenvalue weighted by Gasteiger charge is 2.52. The van der Waals surface area contributed by atoms with Crippen LogP contribution in [0, 0.1) is 23.4 Å². The van der Waals surface area contributed by atoms with Crippen LogP contribution in [0.5, 0.6) is 5.75 Å². The van der Waals surface area contributed by atoms with Gasteiger partial charge in [-0.3, -0.25) is 0 Å². The number of fused-ring (bicyclic) bond motifs is 6. The number of rotatable bonds is 1. The Labute approximate surface area is 141 Å². The lowest BCUT2D eigenvalue weighted by Crippen LogP contribution is -2.48. The van der Waals surface area contributed by atoms with E-state index in [4.69, 9.17) is 4.74 Å². The van der Waals surface area contributed by atoms with Crippen molar-refractivity contribution in [3.05, 3.63) is 53.3 Å². The lowest BCUT2D eigenvalue weighted by Gasteiger charge is -2.49. The van der Waals surface area contributed by atoms with Crippen LogP contribution in [-0.4, -0.2) is 16.7 Å². The quantitative estimate of drug-likeness (QED) is 0.693. The summed E-state index contributed by atoms with van der Waals surface area (Å²) < 4.78 is 47.9. The van der Waals surface area contributed by atoms with E-state index in [1.807, 2.05) is 0 Å². The molecule has 1 saturated carbocycles. The summed E-state index contributed by atoms with van der Waals surface area (Å²) in [5, 5.41) is 9.83. The van der Waals surface area contributed by atoms with Crippen molar-refractivity contribution in [2.45, 2.75) is 18.4 Å². The van der Waals surface area contributed by atoms with Gasteiger partial charge in [-0.25, -0.2) is 13.2 Å². The molecule has 1 aliphatic carbocycles. The van der Waals surface area contributed by atoms with Gasteiger partial charge in [-0.05, 0) is 37.0 Å². The molecule has 1 aliphatic heterocycles. The van der Waals surface area contributed by atoms with Gasteiger partial charge in [-0.1, -0.05) is 0 Å². The Hall–Kier alpha value is -2.47. The number of hydrogen-bond donors (Lipinski definition) is 2. The molecule has 6 heteroatoms. The number of aliphatic hydroxyl groups is 1.